The molecular formula is C30H18. The second kappa shape index (κ2) is 8.00. The standard InChI is InChI=1S/C30H18/c1-3-10-29-21-25(16-18-27(29)8-1)14-12-23-6-5-7-24(20-23)13-15-26-17-19-28-9-2-4-11-30(28)22-26/h1-11,16-22H. The van der Waals surface area contributed by atoms with Gasteiger partial charge in [0.2, 0.25) is 0 Å². The van der Waals surface area contributed by atoms with E-state index in [0.717, 1.165) is 22.3 Å². The summed E-state index contributed by atoms with van der Waals surface area (Å²) in [6.07, 6.45) is 0. The van der Waals surface area contributed by atoms with E-state index in [9.17, 15) is 0 Å². The van der Waals surface area contributed by atoms with Crippen LogP contribution in [0.25, 0.3) is 21.5 Å². The van der Waals surface area contributed by atoms with Crippen LogP contribution in [0.3, 0.4) is 0 Å². The van der Waals surface area contributed by atoms with Gasteiger partial charge in [-0.05, 0) is 64.0 Å². The topological polar surface area (TPSA) is 0 Å². The summed E-state index contributed by atoms with van der Waals surface area (Å²) in [5, 5.41) is 4.88. The normalized spacial score (nSPS) is 10.1. The second-order valence-corrected chi connectivity index (χ2v) is 7.20. The first-order valence-corrected chi connectivity index (χ1v) is 9.95. The summed E-state index contributed by atoms with van der Waals surface area (Å²) in [6.45, 7) is 0. The van der Waals surface area contributed by atoms with Crippen molar-refractivity contribution in [3.8, 4) is 23.7 Å². The lowest BCUT2D eigenvalue weighted by Gasteiger charge is -1.98. The molecule has 0 nitrogen and oxygen atoms in total. The smallest absolute Gasteiger partial charge is 0.0261 e. The highest BCUT2D eigenvalue weighted by Gasteiger charge is 1.95. The van der Waals surface area contributed by atoms with E-state index < -0.39 is 0 Å². The van der Waals surface area contributed by atoms with Gasteiger partial charge in [0.15, 0.2) is 0 Å². The molecule has 0 heterocycles. The van der Waals surface area contributed by atoms with Gasteiger partial charge in [0.25, 0.3) is 0 Å². The average molecular weight is 378 g/mol. The molecule has 0 N–H and O–H groups in total. The largest absolute Gasteiger partial charge is 0.0616 e. The Balaban J connectivity index is 1.40. The third-order valence-corrected chi connectivity index (χ3v) is 5.06. The van der Waals surface area contributed by atoms with Crippen molar-refractivity contribution in [1.29, 1.82) is 0 Å². The lowest BCUT2D eigenvalue weighted by molar-refractivity contribution is 1.59. The van der Waals surface area contributed by atoms with Crippen LogP contribution < -0.4 is 0 Å². The van der Waals surface area contributed by atoms with Crippen LogP contribution in [0.15, 0.2) is 109 Å². The van der Waals surface area contributed by atoms with Gasteiger partial charge < -0.3 is 0 Å². The molecule has 5 rings (SSSR count). The maximum atomic E-state index is 3.28. The summed E-state index contributed by atoms with van der Waals surface area (Å²) >= 11 is 0. The quantitative estimate of drug-likeness (QED) is 0.260. The number of benzene rings is 5. The zero-order chi connectivity index (χ0) is 20.2. The number of rotatable bonds is 0. The van der Waals surface area contributed by atoms with Crippen LogP contribution in [-0.2, 0) is 0 Å². The van der Waals surface area contributed by atoms with Crippen molar-refractivity contribution in [1.82, 2.24) is 0 Å². The minimum Gasteiger partial charge on any atom is -0.0616 e. The van der Waals surface area contributed by atoms with Crippen molar-refractivity contribution in [2.24, 2.45) is 0 Å². The molecule has 0 heteroatoms. The van der Waals surface area contributed by atoms with E-state index in [0.29, 0.717) is 0 Å². The van der Waals surface area contributed by atoms with Gasteiger partial charge in [-0.1, -0.05) is 90.4 Å². The summed E-state index contributed by atoms with van der Waals surface area (Å²) in [5.74, 6) is 13.1. The minimum absolute atomic E-state index is 0.966. The van der Waals surface area contributed by atoms with E-state index in [-0.39, 0.29) is 0 Å². The molecule has 0 saturated carbocycles. The average Bonchev–Trinajstić information content (AvgIpc) is 2.81. The Kier molecular flexibility index (Phi) is 4.75. The molecular weight excluding hydrogens is 360 g/mol. The van der Waals surface area contributed by atoms with Crippen LogP contribution in [-0.4, -0.2) is 0 Å². The second-order valence-electron chi connectivity index (χ2n) is 7.20. The first-order valence-electron chi connectivity index (χ1n) is 9.95. The van der Waals surface area contributed by atoms with E-state index in [1.54, 1.807) is 0 Å². The fourth-order valence-corrected chi connectivity index (χ4v) is 3.50. The summed E-state index contributed by atoms with van der Waals surface area (Å²) < 4.78 is 0. The Morgan fingerprint density at radius 3 is 1.17 bits per heavy atom. The van der Waals surface area contributed by atoms with E-state index >= 15 is 0 Å². The minimum atomic E-state index is 0.966. The van der Waals surface area contributed by atoms with Crippen LogP contribution in [0.2, 0.25) is 0 Å². The molecule has 0 aliphatic carbocycles. The molecule has 0 bridgehead atoms. The van der Waals surface area contributed by atoms with Crippen LogP contribution >= 0.6 is 0 Å². The molecule has 0 aliphatic heterocycles. The van der Waals surface area contributed by atoms with Crippen molar-refractivity contribution >= 4 is 21.5 Å². The molecule has 0 atom stereocenters. The third-order valence-electron chi connectivity index (χ3n) is 5.06. The molecule has 0 aliphatic rings. The van der Waals surface area contributed by atoms with Crippen LogP contribution in [0.4, 0.5) is 0 Å². The number of fused-ring (bicyclic) bond motifs is 2. The van der Waals surface area contributed by atoms with Crippen LogP contribution in [0.5, 0.6) is 0 Å². The maximum absolute atomic E-state index is 3.28. The highest BCUT2D eigenvalue weighted by molar-refractivity contribution is 5.84. The molecule has 5 aromatic carbocycles. The first kappa shape index (κ1) is 17.8. The summed E-state index contributed by atoms with van der Waals surface area (Å²) in [5.41, 5.74) is 3.96. The van der Waals surface area contributed by atoms with Crippen LogP contribution in [0, 0.1) is 23.7 Å². The van der Waals surface area contributed by atoms with Crippen molar-refractivity contribution in [2.75, 3.05) is 0 Å². The zero-order valence-electron chi connectivity index (χ0n) is 16.4. The third kappa shape index (κ3) is 3.95. The highest BCUT2D eigenvalue weighted by atomic mass is 14.0. The highest BCUT2D eigenvalue weighted by Crippen LogP contribution is 2.16. The van der Waals surface area contributed by atoms with E-state index in [1.807, 2.05) is 24.3 Å². The molecule has 0 amide bonds. The van der Waals surface area contributed by atoms with Gasteiger partial charge in [0.1, 0.15) is 0 Å². The van der Waals surface area contributed by atoms with Crippen LogP contribution in [0.1, 0.15) is 22.3 Å². The van der Waals surface area contributed by atoms with Crippen molar-refractivity contribution in [3.05, 3.63) is 131 Å². The van der Waals surface area contributed by atoms with Crippen molar-refractivity contribution in [3.63, 3.8) is 0 Å². The first-order chi connectivity index (χ1) is 14.8. The Labute approximate surface area is 176 Å². The molecule has 0 unspecified atom stereocenters. The van der Waals surface area contributed by atoms with Gasteiger partial charge in [-0.15, -0.1) is 0 Å². The predicted octanol–water partition coefficient (Wildman–Crippen LogP) is 6.79. The SMILES string of the molecule is C(#Cc1ccc2ccccc2c1)c1cccc(C#Cc2ccc3ccccc3c2)c1. The molecule has 30 heavy (non-hydrogen) atoms. The van der Waals surface area contributed by atoms with Gasteiger partial charge >= 0.3 is 0 Å². The van der Waals surface area contributed by atoms with Gasteiger partial charge in [0, 0.05) is 22.3 Å². The molecule has 0 saturated heterocycles. The molecule has 138 valence electrons. The van der Waals surface area contributed by atoms with Gasteiger partial charge in [-0.3, -0.25) is 0 Å². The zero-order valence-corrected chi connectivity index (χ0v) is 16.4. The van der Waals surface area contributed by atoms with E-state index in [1.165, 1.54) is 21.5 Å². The van der Waals surface area contributed by atoms with Crippen molar-refractivity contribution in [2.45, 2.75) is 0 Å². The molecule has 0 spiro atoms. The number of hydrogen-bond donors (Lipinski definition) is 0. The van der Waals surface area contributed by atoms with Gasteiger partial charge in [-0.25, -0.2) is 0 Å². The lowest BCUT2D eigenvalue weighted by Crippen LogP contribution is -1.81. The number of hydrogen-bond acceptors (Lipinski definition) is 0. The van der Waals surface area contributed by atoms with Gasteiger partial charge in [-0.2, -0.15) is 0 Å². The fraction of sp³-hybridized carbons (Fsp3) is 0. The molecule has 0 radical (unpaired) electrons. The Morgan fingerprint density at radius 1 is 0.300 bits per heavy atom. The summed E-state index contributed by atoms with van der Waals surface area (Å²) in [6, 6.07) is 37.4. The molecule has 0 aromatic heterocycles. The Bertz CT molecular complexity index is 1380. The fourth-order valence-electron chi connectivity index (χ4n) is 3.50. The maximum Gasteiger partial charge on any atom is 0.0261 e. The Hall–Kier alpha value is -4.26. The Morgan fingerprint density at radius 2 is 0.700 bits per heavy atom. The molecule has 5 aromatic rings. The predicted molar refractivity (Wildman–Crippen MR) is 126 cm³/mol. The lowest BCUT2D eigenvalue weighted by atomic mass is 10.1. The van der Waals surface area contributed by atoms with Gasteiger partial charge in [0.05, 0.1) is 0 Å². The molecule has 0 fully saturated rings. The van der Waals surface area contributed by atoms with E-state index in [4.69, 9.17) is 0 Å². The van der Waals surface area contributed by atoms with Crippen molar-refractivity contribution < 1.29 is 0 Å². The van der Waals surface area contributed by atoms with E-state index in [2.05, 4.69) is 109 Å². The summed E-state index contributed by atoms with van der Waals surface area (Å²) in [4.78, 5) is 0. The monoisotopic (exact) mass is 378 g/mol. The summed E-state index contributed by atoms with van der Waals surface area (Å²) in [7, 11) is 0.